The van der Waals surface area contributed by atoms with Gasteiger partial charge in [0.2, 0.25) is 0 Å². The Kier molecular flexibility index (Phi) is 4.23. The second-order valence-corrected chi connectivity index (χ2v) is 11.5. The number of aromatic amines is 1. The van der Waals surface area contributed by atoms with Gasteiger partial charge >= 0.3 is 0 Å². The van der Waals surface area contributed by atoms with Crippen molar-refractivity contribution in [2.24, 2.45) is 0 Å². The van der Waals surface area contributed by atoms with Crippen LogP contribution in [0.5, 0.6) is 0 Å². The van der Waals surface area contributed by atoms with Crippen molar-refractivity contribution in [3.8, 4) is 0 Å². The third-order valence-electron chi connectivity index (χ3n) is 3.32. The predicted octanol–water partition coefficient (Wildman–Crippen LogP) is 3.84. The summed E-state index contributed by atoms with van der Waals surface area (Å²) >= 11 is 2.31. The molecule has 0 aliphatic rings. The van der Waals surface area contributed by atoms with Crippen LogP contribution >= 0.6 is 22.6 Å². The minimum atomic E-state index is -1.66. The number of aryl methyl sites for hydroxylation is 1. The molecule has 1 aromatic rings. The summed E-state index contributed by atoms with van der Waals surface area (Å²) in [6.07, 6.45) is 0. The fourth-order valence-corrected chi connectivity index (χ4v) is 2.35. The molecule has 1 rings (SSSR count). The van der Waals surface area contributed by atoms with Crippen molar-refractivity contribution in [3.05, 3.63) is 15.0 Å². The van der Waals surface area contributed by atoms with E-state index in [0.717, 1.165) is 11.4 Å². The molecule has 5 heteroatoms. The summed E-state index contributed by atoms with van der Waals surface area (Å²) in [5, 5.41) is 7.51. The Hall–Kier alpha value is 0.117. The van der Waals surface area contributed by atoms with E-state index in [0.29, 0.717) is 6.61 Å². The van der Waals surface area contributed by atoms with E-state index in [1.165, 1.54) is 3.57 Å². The monoisotopic (exact) mass is 352 g/mol. The Morgan fingerprint density at radius 2 is 1.94 bits per heavy atom. The average molecular weight is 352 g/mol. The smallest absolute Gasteiger partial charge is 0.192 e. The standard InChI is InChI=1S/C11H21IN2OSi/c1-8-10(12)9(14-13-8)7-15-16(5,6)11(2,3)4/h7H2,1-6H3,(H,13,14). The number of H-pyrrole nitrogens is 1. The van der Waals surface area contributed by atoms with Crippen LogP contribution in [0.1, 0.15) is 32.2 Å². The molecule has 0 radical (unpaired) electrons. The first-order valence-electron chi connectivity index (χ1n) is 5.48. The molecule has 0 spiro atoms. The zero-order valence-electron chi connectivity index (χ0n) is 10.9. The first kappa shape index (κ1) is 14.2. The lowest BCUT2D eigenvalue weighted by Crippen LogP contribution is -2.40. The third-order valence-corrected chi connectivity index (χ3v) is 9.23. The van der Waals surface area contributed by atoms with Crippen LogP contribution in [-0.4, -0.2) is 18.5 Å². The van der Waals surface area contributed by atoms with Crippen molar-refractivity contribution in [2.45, 2.75) is 52.4 Å². The van der Waals surface area contributed by atoms with Gasteiger partial charge in [0, 0.05) is 5.69 Å². The molecule has 3 nitrogen and oxygen atoms in total. The van der Waals surface area contributed by atoms with Crippen molar-refractivity contribution in [1.29, 1.82) is 0 Å². The van der Waals surface area contributed by atoms with Crippen molar-refractivity contribution in [1.82, 2.24) is 10.2 Å². The van der Waals surface area contributed by atoms with Crippen molar-refractivity contribution in [2.75, 3.05) is 0 Å². The maximum Gasteiger partial charge on any atom is 0.192 e. The molecule has 0 fully saturated rings. The summed E-state index contributed by atoms with van der Waals surface area (Å²) in [4.78, 5) is 0. The molecule has 16 heavy (non-hydrogen) atoms. The molecule has 1 heterocycles. The second-order valence-electron chi connectivity index (χ2n) is 5.66. The van der Waals surface area contributed by atoms with Gasteiger partial charge in [0.05, 0.1) is 10.2 Å². The van der Waals surface area contributed by atoms with E-state index in [2.05, 4.69) is 66.7 Å². The van der Waals surface area contributed by atoms with Gasteiger partial charge in [0.15, 0.2) is 8.32 Å². The number of nitrogens with zero attached hydrogens (tertiary/aromatic N) is 1. The van der Waals surface area contributed by atoms with Crippen LogP contribution in [0.15, 0.2) is 0 Å². The molecule has 0 bridgehead atoms. The van der Waals surface area contributed by atoms with E-state index in [9.17, 15) is 0 Å². The first-order chi connectivity index (χ1) is 7.15. The number of nitrogens with one attached hydrogen (secondary N) is 1. The van der Waals surface area contributed by atoms with Gasteiger partial charge in [0.1, 0.15) is 5.69 Å². The fourth-order valence-electron chi connectivity index (χ4n) is 1.03. The Labute approximate surface area is 113 Å². The van der Waals surface area contributed by atoms with Crippen LogP contribution in [0, 0.1) is 10.5 Å². The molecule has 1 N–H and O–H groups in total. The summed E-state index contributed by atoms with van der Waals surface area (Å²) in [6.45, 7) is 13.9. The Morgan fingerprint density at radius 3 is 2.31 bits per heavy atom. The number of rotatable bonds is 3. The van der Waals surface area contributed by atoms with E-state index in [4.69, 9.17) is 4.43 Å². The summed E-state index contributed by atoms with van der Waals surface area (Å²) in [5.74, 6) is 0. The molecule has 1 aromatic heterocycles. The molecule has 0 amide bonds. The fraction of sp³-hybridized carbons (Fsp3) is 0.727. The largest absolute Gasteiger partial charge is 0.411 e. The van der Waals surface area contributed by atoms with Gasteiger partial charge < -0.3 is 4.43 Å². The Morgan fingerprint density at radius 1 is 1.38 bits per heavy atom. The molecule has 0 aliphatic carbocycles. The molecule has 0 saturated carbocycles. The number of hydrogen-bond acceptors (Lipinski definition) is 2. The SMILES string of the molecule is Cc1[nH]nc(CO[Si](C)(C)C(C)(C)C)c1I. The molecule has 0 aromatic carbocycles. The second kappa shape index (κ2) is 4.78. The molecule has 0 unspecified atom stereocenters. The molecule has 0 atom stereocenters. The lowest BCUT2D eigenvalue weighted by Gasteiger charge is -2.35. The maximum atomic E-state index is 6.13. The average Bonchev–Trinajstić information content (AvgIpc) is 2.43. The number of halogens is 1. The van der Waals surface area contributed by atoms with Gasteiger partial charge in [-0.15, -0.1) is 0 Å². The van der Waals surface area contributed by atoms with Crippen LogP contribution in [0.3, 0.4) is 0 Å². The first-order valence-corrected chi connectivity index (χ1v) is 9.47. The van der Waals surface area contributed by atoms with Crippen LogP contribution < -0.4 is 0 Å². The van der Waals surface area contributed by atoms with Crippen molar-refractivity contribution in [3.63, 3.8) is 0 Å². The lowest BCUT2D eigenvalue weighted by atomic mass is 10.2. The molecule has 92 valence electrons. The minimum Gasteiger partial charge on any atom is -0.411 e. The van der Waals surface area contributed by atoms with Gasteiger partial charge in [-0.2, -0.15) is 5.10 Å². The van der Waals surface area contributed by atoms with E-state index < -0.39 is 8.32 Å². The highest BCUT2D eigenvalue weighted by atomic mass is 127. The summed E-state index contributed by atoms with van der Waals surface area (Å²) in [5.41, 5.74) is 2.15. The van der Waals surface area contributed by atoms with Gasteiger partial charge in [-0.1, -0.05) is 20.8 Å². The van der Waals surface area contributed by atoms with Crippen LogP contribution in [-0.2, 0) is 11.0 Å². The van der Waals surface area contributed by atoms with Gasteiger partial charge in [-0.3, -0.25) is 5.10 Å². The molecule has 0 saturated heterocycles. The quantitative estimate of drug-likeness (QED) is 0.663. The summed E-state index contributed by atoms with van der Waals surface area (Å²) in [6, 6.07) is 0. The van der Waals surface area contributed by atoms with Crippen molar-refractivity contribution >= 4 is 30.9 Å². The molecular weight excluding hydrogens is 331 g/mol. The highest BCUT2D eigenvalue weighted by Crippen LogP contribution is 2.37. The topological polar surface area (TPSA) is 37.9 Å². The zero-order valence-corrected chi connectivity index (χ0v) is 14.1. The van der Waals surface area contributed by atoms with E-state index in [-0.39, 0.29) is 5.04 Å². The van der Waals surface area contributed by atoms with E-state index >= 15 is 0 Å². The van der Waals surface area contributed by atoms with Gasteiger partial charge in [0.25, 0.3) is 0 Å². The maximum absolute atomic E-state index is 6.13. The van der Waals surface area contributed by atoms with E-state index in [1.54, 1.807) is 0 Å². The predicted molar refractivity (Wildman–Crippen MR) is 78.0 cm³/mol. The van der Waals surface area contributed by atoms with Crippen LogP contribution in [0.4, 0.5) is 0 Å². The summed E-state index contributed by atoms with van der Waals surface area (Å²) in [7, 11) is -1.66. The van der Waals surface area contributed by atoms with Crippen LogP contribution in [0.2, 0.25) is 18.1 Å². The van der Waals surface area contributed by atoms with Gasteiger partial charge in [-0.25, -0.2) is 0 Å². The summed E-state index contributed by atoms with van der Waals surface area (Å²) < 4.78 is 7.32. The number of hydrogen-bond donors (Lipinski definition) is 1. The minimum absolute atomic E-state index is 0.254. The van der Waals surface area contributed by atoms with E-state index in [1.807, 2.05) is 6.92 Å². The zero-order chi connectivity index (χ0) is 12.6. The highest BCUT2D eigenvalue weighted by molar-refractivity contribution is 14.1. The van der Waals surface area contributed by atoms with Crippen LogP contribution in [0.25, 0.3) is 0 Å². The number of aromatic nitrogens is 2. The molecular formula is C11H21IN2OSi. The van der Waals surface area contributed by atoms with Gasteiger partial charge in [-0.05, 0) is 47.6 Å². The lowest BCUT2D eigenvalue weighted by molar-refractivity contribution is 0.271. The Balaban J connectivity index is 2.69. The normalized spacial score (nSPS) is 13.2. The molecule has 0 aliphatic heterocycles. The van der Waals surface area contributed by atoms with Crippen molar-refractivity contribution < 1.29 is 4.43 Å². The Bertz CT molecular complexity index is 369. The highest BCUT2D eigenvalue weighted by Gasteiger charge is 2.37. The third kappa shape index (κ3) is 3.07.